The maximum Gasteiger partial charge on any atom is 0.321 e. The number of rotatable bonds is 1. The van der Waals surface area contributed by atoms with E-state index in [1.54, 1.807) is 0 Å². The van der Waals surface area contributed by atoms with Crippen molar-refractivity contribution in [2.45, 2.75) is 19.0 Å². The Hall–Kier alpha value is -0.880. The van der Waals surface area contributed by atoms with Crippen LogP contribution in [0, 0.1) is 0 Å². The Morgan fingerprint density at radius 2 is 2.46 bits per heavy atom. The highest BCUT2D eigenvalue weighted by atomic mass is 79.9. The highest BCUT2D eigenvalue weighted by Crippen LogP contribution is 2.16. The fourth-order valence-corrected chi connectivity index (χ4v) is 1.84. The van der Waals surface area contributed by atoms with Gasteiger partial charge in [-0.25, -0.2) is 4.98 Å². The Kier molecular flexibility index (Phi) is 2.09. The zero-order chi connectivity index (χ0) is 9.42. The number of carboxylic acid groups (broad SMARTS) is 1. The summed E-state index contributed by atoms with van der Waals surface area (Å²) >= 11 is 3.21. The third-order valence-corrected chi connectivity index (χ3v) is 2.43. The van der Waals surface area contributed by atoms with E-state index in [4.69, 9.17) is 5.11 Å². The van der Waals surface area contributed by atoms with Crippen LogP contribution in [0.1, 0.15) is 11.4 Å². The SMILES string of the molecule is O=C(O)C1Cc2nc(Br)[nH]c2CN1. The van der Waals surface area contributed by atoms with Gasteiger partial charge in [-0.2, -0.15) is 0 Å². The number of fused-ring (bicyclic) bond motifs is 1. The molecule has 2 heterocycles. The number of halogens is 1. The van der Waals surface area contributed by atoms with Crippen molar-refractivity contribution in [3.8, 4) is 0 Å². The van der Waals surface area contributed by atoms with Crippen LogP contribution >= 0.6 is 15.9 Å². The number of nitrogens with zero attached hydrogens (tertiary/aromatic N) is 1. The van der Waals surface area contributed by atoms with Gasteiger partial charge in [-0.15, -0.1) is 0 Å². The van der Waals surface area contributed by atoms with Crippen LogP contribution < -0.4 is 5.32 Å². The first-order valence-corrected chi connectivity index (χ1v) is 4.65. The fourth-order valence-electron chi connectivity index (χ4n) is 1.39. The van der Waals surface area contributed by atoms with Gasteiger partial charge >= 0.3 is 5.97 Å². The van der Waals surface area contributed by atoms with Crippen LogP contribution in [-0.2, 0) is 17.8 Å². The third kappa shape index (κ3) is 1.59. The molecule has 0 spiro atoms. The number of hydrogen-bond acceptors (Lipinski definition) is 3. The molecule has 2 rings (SSSR count). The van der Waals surface area contributed by atoms with Crippen LogP contribution in [0.4, 0.5) is 0 Å². The molecule has 0 bridgehead atoms. The van der Waals surface area contributed by atoms with Crippen LogP contribution in [0.3, 0.4) is 0 Å². The average Bonchev–Trinajstić information content (AvgIpc) is 2.42. The smallest absolute Gasteiger partial charge is 0.321 e. The second-order valence-corrected chi connectivity index (χ2v) is 3.68. The largest absolute Gasteiger partial charge is 0.480 e. The van der Waals surface area contributed by atoms with Crippen molar-refractivity contribution in [1.82, 2.24) is 15.3 Å². The molecule has 0 radical (unpaired) electrons. The van der Waals surface area contributed by atoms with Crippen molar-refractivity contribution < 1.29 is 9.90 Å². The van der Waals surface area contributed by atoms with Gasteiger partial charge in [-0.05, 0) is 15.9 Å². The first-order valence-electron chi connectivity index (χ1n) is 3.86. The molecule has 1 aliphatic heterocycles. The molecule has 1 aromatic heterocycles. The van der Waals surface area contributed by atoms with Crippen molar-refractivity contribution in [2.24, 2.45) is 0 Å². The lowest BCUT2D eigenvalue weighted by atomic mass is 10.1. The van der Waals surface area contributed by atoms with Crippen molar-refractivity contribution in [1.29, 1.82) is 0 Å². The first kappa shape index (κ1) is 8.71. The minimum absolute atomic E-state index is 0.437. The van der Waals surface area contributed by atoms with E-state index in [1.165, 1.54) is 0 Å². The van der Waals surface area contributed by atoms with Crippen molar-refractivity contribution in [2.75, 3.05) is 0 Å². The number of imidazole rings is 1. The number of nitrogens with one attached hydrogen (secondary N) is 2. The number of aromatic amines is 1. The number of hydrogen-bond donors (Lipinski definition) is 3. The number of H-pyrrole nitrogens is 1. The first-order chi connectivity index (χ1) is 6.16. The number of carbonyl (C=O) groups is 1. The lowest BCUT2D eigenvalue weighted by molar-refractivity contribution is -0.139. The second kappa shape index (κ2) is 3.12. The van der Waals surface area contributed by atoms with Crippen LogP contribution in [0.5, 0.6) is 0 Å². The maximum atomic E-state index is 10.7. The molecule has 1 aliphatic rings. The zero-order valence-corrected chi connectivity index (χ0v) is 8.26. The van der Waals surface area contributed by atoms with Crippen LogP contribution in [0.25, 0.3) is 0 Å². The molecule has 1 aromatic rings. The normalized spacial score (nSPS) is 21.2. The Balaban J connectivity index is 2.24. The molecule has 0 aromatic carbocycles. The van der Waals surface area contributed by atoms with Gasteiger partial charge in [0, 0.05) is 13.0 Å². The minimum atomic E-state index is -0.829. The highest BCUT2D eigenvalue weighted by molar-refractivity contribution is 9.10. The van der Waals surface area contributed by atoms with E-state index >= 15 is 0 Å². The second-order valence-electron chi connectivity index (χ2n) is 2.93. The van der Waals surface area contributed by atoms with Crippen LogP contribution in [0.15, 0.2) is 4.73 Å². The monoisotopic (exact) mass is 245 g/mol. The summed E-state index contributed by atoms with van der Waals surface area (Å²) in [5, 5.41) is 11.7. The summed E-state index contributed by atoms with van der Waals surface area (Å²) in [7, 11) is 0. The molecule has 0 saturated carbocycles. The van der Waals surface area contributed by atoms with E-state index in [9.17, 15) is 4.79 Å². The van der Waals surface area contributed by atoms with Crippen molar-refractivity contribution in [3.63, 3.8) is 0 Å². The van der Waals surface area contributed by atoms with Crippen LogP contribution in [-0.4, -0.2) is 27.1 Å². The van der Waals surface area contributed by atoms with Gasteiger partial charge in [-0.3, -0.25) is 10.1 Å². The summed E-state index contributed by atoms with van der Waals surface area (Å²) in [6.45, 7) is 0.533. The molecular formula is C7H8BrN3O2. The van der Waals surface area contributed by atoms with E-state index in [0.717, 1.165) is 11.4 Å². The standard InChI is InChI=1S/C7H8BrN3O2/c8-7-10-3-1-4(6(12)13)9-2-5(3)11-7/h4,9H,1-2H2,(H,10,11)(H,12,13). The molecular weight excluding hydrogens is 238 g/mol. The predicted molar refractivity (Wildman–Crippen MR) is 48.3 cm³/mol. The summed E-state index contributed by atoms with van der Waals surface area (Å²) < 4.78 is 0.658. The Morgan fingerprint density at radius 1 is 1.69 bits per heavy atom. The average molecular weight is 246 g/mol. The summed E-state index contributed by atoms with van der Waals surface area (Å²) in [6, 6.07) is -0.511. The molecule has 13 heavy (non-hydrogen) atoms. The van der Waals surface area contributed by atoms with E-state index in [0.29, 0.717) is 17.7 Å². The summed E-state index contributed by atoms with van der Waals surface area (Å²) in [5.41, 5.74) is 1.79. The molecule has 3 N–H and O–H groups in total. The summed E-state index contributed by atoms with van der Waals surface area (Å²) in [4.78, 5) is 17.8. The predicted octanol–water partition coefficient (Wildman–Crippen LogP) is 0.271. The Bertz CT molecular complexity index is 350. The van der Waals surface area contributed by atoms with E-state index in [1.807, 2.05) is 0 Å². The van der Waals surface area contributed by atoms with E-state index < -0.39 is 12.0 Å². The van der Waals surface area contributed by atoms with E-state index in [-0.39, 0.29) is 0 Å². The number of carboxylic acids is 1. The molecule has 0 aliphatic carbocycles. The fraction of sp³-hybridized carbons (Fsp3) is 0.429. The van der Waals surface area contributed by atoms with Gasteiger partial charge in [0.25, 0.3) is 0 Å². The third-order valence-electron chi connectivity index (χ3n) is 2.06. The van der Waals surface area contributed by atoms with Gasteiger partial charge in [0.1, 0.15) is 6.04 Å². The van der Waals surface area contributed by atoms with E-state index in [2.05, 4.69) is 31.2 Å². The van der Waals surface area contributed by atoms with Gasteiger partial charge < -0.3 is 10.1 Å². The Morgan fingerprint density at radius 3 is 3.15 bits per heavy atom. The quantitative estimate of drug-likeness (QED) is 0.664. The molecule has 0 amide bonds. The molecule has 6 heteroatoms. The molecule has 1 unspecified atom stereocenters. The molecule has 1 atom stereocenters. The molecule has 5 nitrogen and oxygen atoms in total. The highest BCUT2D eigenvalue weighted by Gasteiger charge is 2.25. The lowest BCUT2D eigenvalue weighted by Crippen LogP contribution is -2.41. The van der Waals surface area contributed by atoms with Crippen molar-refractivity contribution in [3.05, 3.63) is 16.1 Å². The maximum absolute atomic E-state index is 10.7. The minimum Gasteiger partial charge on any atom is -0.480 e. The molecule has 0 fully saturated rings. The summed E-state index contributed by atoms with van der Waals surface area (Å²) in [5.74, 6) is -0.829. The number of aliphatic carboxylic acids is 1. The van der Waals surface area contributed by atoms with Gasteiger partial charge in [-0.1, -0.05) is 0 Å². The lowest BCUT2D eigenvalue weighted by Gasteiger charge is -2.18. The summed E-state index contributed by atoms with van der Waals surface area (Å²) in [6.07, 6.45) is 0.437. The van der Waals surface area contributed by atoms with Gasteiger partial charge in [0.05, 0.1) is 11.4 Å². The zero-order valence-electron chi connectivity index (χ0n) is 6.67. The molecule has 0 saturated heterocycles. The van der Waals surface area contributed by atoms with Gasteiger partial charge in [0.15, 0.2) is 4.73 Å². The number of aromatic nitrogens is 2. The van der Waals surface area contributed by atoms with Crippen LogP contribution in [0.2, 0.25) is 0 Å². The Labute approximate surface area is 82.7 Å². The van der Waals surface area contributed by atoms with Crippen molar-refractivity contribution >= 4 is 21.9 Å². The topological polar surface area (TPSA) is 78.0 Å². The van der Waals surface area contributed by atoms with Gasteiger partial charge in [0.2, 0.25) is 0 Å². The molecule has 70 valence electrons.